The first kappa shape index (κ1) is 9.51. The average Bonchev–Trinajstić information content (AvgIpc) is 2.57. The number of para-hydroxylation sites is 1. The summed E-state index contributed by atoms with van der Waals surface area (Å²) in [5.74, 6) is -0.420. The van der Waals surface area contributed by atoms with Crippen molar-refractivity contribution in [2.24, 2.45) is 0 Å². The van der Waals surface area contributed by atoms with Crippen molar-refractivity contribution in [2.75, 3.05) is 12.3 Å². The Morgan fingerprint density at radius 1 is 1.60 bits per heavy atom. The molecule has 0 bridgehead atoms. The molecule has 1 heterocycles. The second kappa shape index (κ2) is 3.61. The molecular formula is C10H10N2O3. The van der Waals surface area contributed by atoms with Gasteiger partial charge in [0.2, 0.25) is 0 Å². The van der Waals surface area contributed by atoms with Crippen LogP contribution in [0.4, 0.5) is 6.01 Å². The first-order valence-electron chi connectivity index (χ1n) is 4.54. The van der Waals surface area contributed by atoms with Gasteiger partial charge in [0, 0.05) is 0 Å². The van der Waals surface area contributed by atoms with E-state index in [1.54, 1.807) is 25.1 Å². The zero-order chi connectivity index (χ0) is 10.8. The van der Waals surface area contributed by atoms with Gasteiger partial charge in [0.05, 0.1) is 12.2 Å². The predicted octanol–water partition coefficient (Wildman–Crippen LogP) is 1.59. The average molecular weight is 206 g/mol. The van der Waals surface area contributed by atoms with Gasteiger partial charge in [-0.1, -0.05) is 6.07 Å². The SMILES string of the molecule is CCOC(=O)c1cccc2oc(N)nc12. The molecule has 0 fully saturated rings. The Balaban J connectivity index is 2.55. The van der Waals surface area contributed by atoms with Crippen LogP contribution in [-0.2, 0) is 4.74 Å². The largest absolute Gasteiger partial charge is 0.462 e. The van der Waals surface area contributed by atoms with Gasteiger partial charge in [-0.15, -0.1) is 0 Å². The van der Waals surface area contributed by atoms with Gasteiger partial charge in [0.15, 0.2) is 5.58 Å². The van der Waals surface area contributed by atoms with E-state index in [0.29, 0.717) is 23.3 Å². The van der Waals surface area contributed by atoms with Gasteiger partial charge in [-0.05, 0) is 19.1 Å². The third kappa shape index (κ3) is 1.63. The Morgan fingerprint density at radius 3 is 3.13 bits per heavy atom. The molecule has 15 heavy (non-hydrogen) atoms. The van der Waals surface area contributed by atoms with Crippen LogP contribution in [0.25, 0.3) is 11.1 Å². The van der Waals surface area contributed by atoms with E-state index >= 15 is 0 Å². The highest BCUT2D eigenvalue weighted by molar-refractivity contribution is 6.01. The van der Waals surface area contributed by atoms with E-state index < -0.39 is 5.97 Å². The number of rotatable bonds is 2. The van der Waals surface area contributed by atoms with Crippen LogP contribution in [-0.4, -0.2) is 17.6 Å². The molecule has 0 radical (unpaired) electrons. The summed E-state index contributed by atoms with van der Waals surface area (Å²) in [4.78, 5) is 15.4. The zero-order valence-electron chi connectivity index (χ0n) is 8.19. The van der Waals surface area contributed by atoms with E-state index in [9.17, 15) is 4.79 Å². The molecule has 0 unspecified atom stereocenters. The molecule has 2 N–H and O–H groups in total. The minimum absolute atomic E-state index is 0.0433. The van der Waals surface area contributed by atoms with Crippen molar-refractivity contribution in [3.8, 4) is 0 Å². The van der Waals surface area contributed by atoms with Gasteiger partial charge < -0.3 is 14.9 Å². The van der Waals surface area contributed by atoms with Crippen LogP contribution < -0.4 is 5.73 Å². The van der Waals surface area contributed by atoms with Gasteiger partial charge >= 0.3 is 5.97 Å². The maximum Gasteiger partial charge on any atom is 0.340 e. The Labute approximate surface area is 85.8 Å². The Morgan fingerprint density at radius 2 is 2.40 bits per heavy atom. The van der Waals surface area contributed by atoms with Crippen LogP contribution in [0.1, 0.15) is 17.3 Å². The van der Waals surface area contributed by atoms with Crippen molar-refractivity contribution in [3.63, 3.8) is 0 Å². The first-order chi connectivity index (χ1) is 7.22. The summed E-state index contributed by atoms with van der Waals surface area (Å²) in [6.45, 7) is 2.07. The molecule has 0 aliphatic carbocycles. The lowest BCUT2D eigenvalue weighted by molar-refractivity contribution is 0.0528. The monoisotopic (exact) mass is 206 g/mol. The van der Waals surface area contributed by atoms with Crippen molar-refractivity contribution in [3.05, 3.63) is 23.8 Å². The molecule has 5 nitrogen and oxygen atoms in total. The van der Waals surface area contributed by atoms with Crippen LogP contribution in [0, 0.1) is 0 Å². The second-order valence-corrected chi connectivity index (χ2v) is 2.92. The number of carbonyl (C=O) groups is 1. The van der Waals surface area contributed by atoms with Crippen LogP contribution in [0.3, 0.4) is 0 Å². The number of nitrogen functional groups attached to an aromatic ring is 1. The summed E-state index contributed by atoms with van der Waals surface area (Å²) in [5.41, 5.74) is 6.70. The topological polar surface area (TPSA) is 78.3 Å². The second-order valence-electron chi connectivity index (χ2n) is 2.92. The van der Waals surface area contributed by atoms with E-state index in [1.807, 2.05) is 0 Å². The van der Waals surface area contributed by atoms with Gasteiger partial charge in [-0.3, -0.25) is 0 Å². The molecule has 2 rings (SSSR count). The van der Waals surface area contributed by atoms with Gasteiger partial charge in [0.25, 0.3) is 6.01 Å². The maximum absolute atomic E-state index is 11.5. The van der Waals surface area contributed by atoms with Crippen molar-refractivity contribution in [1.82, 2.24) is 4.98 Å². The van der Waals surface area contributed by atoms with Crippen molar-refractivity contribution < 1.29 is 13.9 Å². The van der Waals surface area contributed by atoms with Crippen LogP contribution in [0.15, 0.2) is 22.6 Å². The summed E-state index contributed by atoms with van der Waals surface area (Å²) in [7, 11) is 0. The Bertz CT molecular complexity index is 504. The van der Waals surface area contributed by atoms with E-state index in [1.165, 1.54) is 0 Å². The minimum atomic E-state index is -0.420. The van der Waals surface area contributed by atoms with Crippen LogP contribution in [0.5, 0.6) is 0 Å². The summed E-state index contributed by atoms with van der Waals surface area (Å²) < 4.78 is 9.98. The van der Waals surface area contributed by atoms with E-state index in [2.05, 4.69) is 4.98 Å². The number of oxazole rings is 1. The smallest absolute Gasteiger partial charge is 0.340 e. The molecule has 0 atom stereocenters. The molecule has 0 aliphatic rings. The standard InChI is InChI=1S/C10H10N2O3/c1-2-14-9(13)6-4-3-5-7-8(6)12-10(11)15-7/h3-5H,2H2,1H3,(H2,11,12). The minimum Gasteiger partial charge on any atom is -0.462 e. The first-order valence-corrected chi connectivity index (χ1v) is 4.54. The zero-order valence-corrected chi connectivity index (χ0v) is 8.19. The Kier molecular flexibility index (Phi) is 2.29. The molecule has 0 aliphatic heterocycles. The lowest BCUT2D eigenvalue weighted by atomic mass is 10.2. The van der Waals surface area contributed by atoms with Gasteiger partial charge in [-0.25, -0.2) is 4.79 Å². The number of carbonyl (C=O) groups excluding carboxylic acids is 1. The van der Waals surface area contributed by atoms with E-state index in [-0.39, 0.29) is 6.01 Å². The highest BCUT2D eigenvalue weighted by Gasteiger charge is 2.14. The number of nitrogens with zero attached hydrogens (tertiary/aromatic N) is 1. The lowest BCUT2D eigenvalue weighted by Gasteiger charge is -2.00. The number of benzene rings is 1. The van der Waals surface area contributed by atoms with Gasteiger partial charge in [-0.2, -0.15) is 4.98 Å². The molecule has 1 aromatic carbocycles. The van der Waals surface area contributed by atoms with Crippen LogP contribution in [0.2, 0.25) is 0 Å². The number of hydrogen-bond acceptors (Lipinski definition) is 5. The Hall–Kier alpha value is -2.04. The quantitative estimate of drug-likeness (QED) is 0.755. The lowest BCUT2D eigenvalue weighted by Crippen LogP contribution is -2.05. The fraction of sp³-hybridized carbons (Fsp3) is 0.200. The predicted molar refractivity (Wildman–Crippen MR) is 54.4 cm³/mol. The number of fused-ring (bicyclic) bond motifs is 1. The third-order valence-corrected chi connectivity index (χ3v) is 1.93. The summed E-state index contributed by atoms with van der Waals surface area (Å²) in [5, 5.41) is 0. The maximum atomic E-state index is 11.5. The molecule has 0 saturated heterocycles. The van der Waals surface area contributed by atoms with Crippen molar-refractivity contribution >= 4 is 23.1 Å². The molecule has 2 aromatic rings. The highest BCUT2D eigenvalue weighted by Crippen LogP contribution is 2.21. The fourth-order valence-electron chi connectivity index (χ4n) is 1.34. The van der Waals surface area contributed by atoms with Gasteiger partial charge in [0.1, 0.15) is 5.52 Å². The van der Waals surface area contributed by atoms with E-state index in [4.69, 9.17) is 14.9 Å². The third-order valence-electron chi connectivity index (χ3n) is 1.93. The number of anilines is 1. The normalized spacial score (nSPS) is 10.5. The molecular weight excluding hydrogens is 196 g/mol. The molecule has 1 aromatic heterocycles. The highest BCUT2D eigenvalue weighted by atomic mass is 16.5. The summed E-state index contributed by atoms with van der Waals surface area (Å²) >= 11 is 0. The number of hydrogen-bond donors (Lipinski definition) is 1. The fourth-order valence-corrected chi connectivity index (χ4v) is 1.34. The number of ether oxygens (including phenoxy) is 1. The summed E-state index contributed by atoms with van der Waals surface area (Å²) in [6.07, 6.45) is 0. The molecule has 0 saturated carbocycles. The molecule has 5 heteroatoms. The number of esters is 1. The van der Waals surface area contributed by atoms with Crippen molar-refractivity contribution in [2.45, 2.75) is 6.92 Å². The molecule has 78 valence electrons. The number of aromatic nitrogens is 1. The molecule has 0 spiro atoms. The molecule has 0 amide bonds. The van der Waals surface area contributed by atoms with Crippen molar-refractivity contribution in [1.29, 1.82) is 0 Å². The van der Waals surface area contributed by atoms with Crippen LogP contribution >= 0.6 is 0 Å². The van der Waals surface area contributed by atoms with E-state index in [0.717, 1.165) is 0 Å². The number of nitrogens with two attached hydrogens (primary N) is 1. The summed E-state index contributed by atoms with van der Waals surface area (Å²) in [6, 6.07) is 5.06.